The van der Waals surface area contributed by atoms with Gasteiger partial charge in [0.25, 0.3) is 0 Å². The molecule has 224 valence electrons. The highest BCUT2D eigenvalue weighted by molar-refractivity contribution is 6.13. The summed E-state index contributed by atoms with van der Waals surface area (Å²) in [7, 11) is 0. The normalized spacial score (nSPS) is 11.3. The molecule has 1 aromatic heterocycles. The first-order valence-corrected chi connectivity index (χ1v) is 16.2. The maximum atomic E-state index is 5.20. The second-order valence-corrected chi connectivity index (χ2v) is 12.0. The van der Waals surface area contributed by atoms with Gasteiger partial charge in [-0.15, -0.1) is 0 Å². The van der Waals surface area contributed by atoms with Crippen molar-refractivity contribution in [3.8, 4) is 56.4 Å². The van der Waals surface area contributed by atoms with E-state index in [0.29, 0.717) is 17.5 Å². The molecule has 9 aromatic rings. The molecule has 0 saturated carbocycles. The van der Waals surface area contributed by atoms with Crippen molar-refractivity contribution >= 4 is 32.3 Å². The largest absolute Gasteiger partial charge is 0.208 e. The van der Waals surface area contributed by atoms with Gasteiger partial charge in [-0.3, -0.25) is 0 Å². The molecule has 9 rings (SSSR count). The van der Waals surface area contributed by atoms with Crippen LogP contribution < -0.4 is 0 Å². The Labute approximate surface area is 278 Å². The van der Waals surface area contributed by atoms with E-state index in [0.717, 1.165) is 38.6 Å². The molecule has 48 heavy (non-hydrogen) atoms. The lowest BCUT2D eigenvalue weighted by atomic mass is 9.96. The second-order valence-electron chi connectivity index (χ2n) is 12.0. The topological polar surface area (TPSA) is 38.7 Å². The lowest BCUT2D eigenvalue weighted by Gasteiger charge is -2.13. The van der Waals surface area contributed by atoms with Crippen LogP contribution in [0.5, 0.6) is 0 Å². The van der Waals surface area contributed by atoms with Gasteiger partial charge in [-0.1, -0.05) is 164 Å². The van der Waals surface area contributed by atoms with E-state index >= 15 is 0 Å². The number of aromatic nitrogens is 3. The summed E-state index contributed by atoms with van der Waals surface area (Å²) in [6, 6.07) is 61.7. The molecule has 0 bridgehead atoms. The first-order chi connectivity index (χ1) is 23.8. The summed E-state index contributed by atoms with van der Waals surface area (Å²) in [5.41, 5.74) is 7.50. The molecule has 0 saturated heterocycles. The van der Waals surface area contributed by atoms with Gasteiger partial charge in [0.05, 0.1) is 0 Å². The molecule has 0 aliphatic carbocycles. The monoisotopic (exact) mass is 611 g/mol. The molecule has 8 aromatic carbocycles. The Morgan fingerprint density at radius 1 is 0.250 bits per heavy atom. The lowest BCUT2D eigenvalue weighted by molar-refractivity contribution is 1.08. The Morgan fingerprint density at radius 2 is 0.771 bits per heavy atom. The van der Waals surface area contributed by atoms with Gasteiger partial charge in [0.1, 0.15) is 0 Å². The van der Waals surface area contributed by atoms with Crippen molar-refractivity contribution < 1.29 is 0 Å². The van der Waals surface area contributed by atoms with E-state index in [1.807, 2.05) is 6.07 Å². The third kappa shape index (κ3) is 4.99. The second kappa shape index (κ2) is 11.7. The Morgan fingerprint density at radius 3 is 1.58 bits per heavy atom. The fourth-order valence-electron chi connectivity index (χ4n) is 6.74. The molecular formula is C45H29N3. The van der Waals surface area contributed by atoms with Crippen LogP contribution in [0.2, 0.25) is 0 Å². The molecule has 0 unspecified atom stereocenters. The van der Waals surface area contributed by atoms with Gasteiger partial charge in [0.15, 0.2) is 17.5 Å². The Balaban J connectivity index is 1.25. The summed E-state index contributed by atoms with van der Waals surface area (Å²) in [5.74, 6) is 1.93. The summed E-state index contributed by atoms with van der Waals surface area (Å²) in [6.45, 7) is 0. The zero-order valence-electron chi connectivity index (χ0n) is 26.1. The van der Waals surface area contributed by atoms with Gasteiger partial charge in [-0.2, -0.15) is 0 Å². The molecule has 0 amide bonds. The van der Waals surface area contributed by atoms with Gasteiger partial charge < -0.3 is 0 Å². The van der Waals surface area contributed by atoms with Crippen molar-refractivity contribution in [1.29, 1.82) is 0 Å². The van der Waals surface area contributed by atoms with E-state index in [1.54, 1.807) is 0 Å². The Kier molecular flexibility index (Phi) is 6.80. The summed E-state index contributed by atoms with van der Waals surface area (Å²) < 4.78 is 0. The van der Waals surface area contributed by atoms with Crippen molar-refractivity contribution in [2.24, 2.45) is 0 Å². The van der Waals surface area contributed by atoms with E-state index in [2.05, 4.69) is 170 Å². The predicted molar refractivity (Wildman–Crippen MR) is 200 cm³/mol. The van der Waals surface area contributed by atoms with Gasteiger partial charge in [0.2, 0.25) is 0 Å². The highest BCUT2D eigenvalue weighted by Gasteiger charge is 2.17. The molecule has 0 aliphatic rings. The van der Waals surface area contributed by atoms with E-state index in [-0.39, 0.29) is 0 Å². The van der Waals surface area contributed by atoms with E-state index in [4.69, 9.17) is 15.0 Å². The van der Waals surface area contributed by atoms with Gasteiger partial charge in [-0.25, -0.2) is 15.0 Å². The summed E-state index contributed by atoms with van der Waals surface area (Å²) in [6.07, 6.45) is 0. The zero-order chi connectivity index (χ0) is 31.9. The van der Waals surface area contributed by atoms with Crippen molar-refractivity contribution in [1.82, 2.24) is 15.0 Å². The molecule has 0 fully saturated rings. The van der Waals surface area contributed by atoms with Crippen LogP contribution in [0.1, 0.15) is 0 Å². The lowest BCUT2D eigenvalue weighted by Crippen LogP contribution is -2.01. The zero-order valence-corrected chi connectivity index (χ0v) is 26.1. The highest BCUT2D eigenvalue weighted by Crippen LogP contribution is 2.36. The van der Waals surface area contributed by atoms with E-state index in [1.165, 1.54) is 32.7 Å². The number of rotatable bonds is 5. The quantitative estimate of drug-likeness (QED) is 0.182. The average molecular weight is 612 g/mol. The number of nitrogens with zero attached hydrogens (tertiary/aromatic N) is 3. The van der Waals surface area contributed by atoms with Crippen molar-refractivity contribution in [3.05, 3.63) is 176 Å². The first-order valence-electron chi connectivity index (χ1n) is 16.2. The summed E-state index contributed by atoms with van der Waals surface area (Å²) in [4.78, 5) is 15.5. The number of hydrogen-bond acceptors (Lipinski definition) is 3. The van der Waals surface area contributed by atoms with Crippen LogP contribution >= 0.6 is 0 Å². The van der Waals surface area contributed by atoms with Crippen LogP contribution in [0.15, 0.2) is 176 Å². The smallest absolute Gasteiger partial charge is 0.164 e. The van der Waals surface area contributed by atoms with E-state index < -0.39 is 0 Å². The molecular weight excluding hydrogens is 583 g/mol. The van der Waals surface area contributed by atoms with Gasteiger partial charge in [0, 0.05) is 16.7 Å². The van der Waals surface area contributed by atoms with Crippen LogP contribution in [0, 0.1) is 0 Å². The van der Waals surface area contributed by atoms with Crippen LogP contribution in [0.3, 0.4) is 0 Å². The average Bonchev–Trinajstić information content (AvgIpc) is 3.17. The maximum Gasteiger partial charge on any atom is 0.164 e. The molecule has 0 radical (unpaired) electrons. The summed E-state index contributed by atoms with van der Waals surface area (Å²) in [5, 5.41) is 7.09. The Bertz CT molecular complexity index is 2600. The molecule has 0 atom stereocenters. The molecule has 0 aliphatic heterocycles. The molecule has 0 spiro atoms. The van der Waals surface area contributed by atoms with Crippen molar-refractivity contribution in [2.75, 3.05) is 0 Å². The highest BCUT2D eigenvalue weighted by atomic mass is 15.0. The fourth-order valence-corrected chi connectivity index (χ4v) is 6.74. The molecule has 3 heteroatoms. The van der Waals surface area contributed by atoms with Gasteiger partial charge >= 0.3 is 0 Å². The third-order valence-corrected chi connectivity index (χ3v) is 9.12. The first kappa shape index (κ1) is 27.8. The minimum absolute atomic E-state index is 0.640. The van der Waals surface area contributed by atoms with Crippen molar-refractivity contribution in [3.63, 3.8) is 0 Å². The standard InChI is InChI=1S/C45H29N3/c1-2-12-30(13-3-1)31-24-26-33(27-25-31)43-46-44(36-18-10-17-34(28-36)38-23-11-16-32-14-4-6-19-37(32)38)48-45(47-43)42-29-35-15-5-7-20-39(35)40-21-8-9-22-41(40)42/h1-29H. The Hall–Kier alpha value is -6.45. The molecule has 3 nitrogen and oxygen atoms in total. The predicted octanol–water partition coefficient (Wildman–Crippen LogP) is 11.7. The SMILES string of the molecule is c1ccc(-c2ccc(-c3nc(-c4cccc(-c5cccc6ccccc56)c4)nc(-c4cc5ccccc5c5ccccc45)n3)cc2)cc1. The van der Waals surface area contributed by atoms with Crippen LogP contribution in [0.4, 0.5) is 0 Å². The van der Waals surface area contributed by atoms with Crippen LogP contribution in [-0.2, 0) is 0 Å². The minimum Gasteiger partial charge on any atom is -0.208 e. The molecule has 1 heterocycles. The van der Waals surface area contributed by atoms with Crippen LogP contribution in [0.25, 0.3) is 88.7 Å². The number of hydrogen-bond donors (Lipinski definition) is 0. The number of benzene rings is 8. The third-order valence-electron chi connectivity index (χ3n) is 9.12. The fraction of sp³-hybridized carbons (Fsp3) is 0. The molecule has 0 N–H and O–H groups in total. The summed E-state index contributed by atoms with van der Waals surface area (Å²) >= 11 is 0. The maximum absolute atomic E-state index is 5.20. The van der Waals surface area contributed by atoms with Crippen LogP contribution in [-0.4, -0.2) is 15.0 Å². The minimum atomic E-state index is 0.640. The number of fused-ring (bicyclic) bond motifs is 4. The van der Waals surface area contributed by atoms with Crippen molar-refractivity contribution in [2.45, 2.75) is 0 Å². The van der Waals surface area contributed by atoms with E-state index in [9.17, 15) is 0 Å². The van der Waals surface area contributed by atoms with Gasteiger partial charge in [-0.05, 0) is 66.7 Å².